The number of hydrogen-bond donors (Lipinski definition) is 2. The summed E-state index contributed by atoms with van der Waals surface area (Å²) in [4.78, 5) is 22.0. The molecule has 1 fully saturated rings. The molecule has 0 saturated carbocycles. The predicted molar refractivity (Wildman–Crippen MR) is 134 cm³/mol. The first-order valence-corrected chi connectivity index (χ1v) is 11.4. The molecule has 1 aromatic carbocycles. The van der Waals surface area contributed by atoms with Crippen LogP contribution in [0.5, 0.6) is 11.5 Å². The number of amides is 1. The Bertz CT molecular complexity index is 1300. The number of pyridine rings is 2. The number of anilines is 1. The molecule has 1 atom stereocenters. The zero-order valence-corrected chi connectivity index (χ0v) is 19.6. The molecule has 2 aromatic heterocycles. The summed E-state index contributed by atoms with van der Waals surface area (Å²) in [6, 6.07) is 12.3. The van der Waals surface area contributed by atoms with Crippen LogP contribution >= 0.6 is 11.6 Å². The van der Waals surface area contributed by atoms with Crippen molar-refractivity contribution < 1.29 is 9.53 Å². The first kappa shape index (κ1) is 23.9. The number of nitriles is 1. The van der Waals surface area contributed by atoms with Gasteiger partial charge >= 0.3 is 0 Å². The van der Waals surface area contributed by atoms with Crippen LogP contribution in [0.1, 0.15) is 29.7 Å². The Morgan fingerprint density at radius 3 is 2.86 bits per heavy atom. The highest BCUT2D eigenvalue weighted by Gasteiger charge is 2.24. The number of rotatable bonds is 7. The molecule has 0 radical (unpaired) electrons. The van der Waals surface area contributed by atoms with E-state index in [-0.39, 0.29) is 23.4 Å². The van der Waals surface area contributed by atoms with Gasteiger partial charge in [0.2, 0.25) is 5.91 Å². The third-order valence-corrected chi connectivity index (χ3v) is 5.96. The van der Waals surface area contributed by atoms with E-state index in [0.717, 1.165) is 12.8 Å². The maximum absolute atomic E-state index is 12.1. The summed E-state index contributed by atoms with van der Waals surface area (Å²) in [5.41, 5.74) is 2.24. The van der Waals surface area contributed by atoms with E-state index in [1.165, 1.54) is 18.5 Å². The number of nitrogens with zero attached hydrogens (tertiary/aromatic N) is 4. The Hall–Kier alpha value is -4.22. The predicted octanol–water partition coefficient (Wildman–Crippen LogP) is 4.80. The molecule has 0 bridgehead atoms. The minimum absolute atomic E-state index is 0.0105. The van der Waals surface area contributed by atoms with Gasteiger partial charge in [-0.2, -0.15) is 5.26 Å². The van der Waals surface area contributed by atoms with Crippen LogP contribution in [0.3, 0.4) is 0 Å². The van der Waals surface area contributed by atoms with Crippen molar-refractivity contribution in [3.63, 3.8) is 0 Å². The standard InChI is InChI=1S/C26H23ClN6O2/c1-2-24(34)33-12-4-5-18(16-33)32-26-20(14-30-15-21(26)27)25(29)17-7-9-19(10-8-17)35-23-6-3-11-31-22(23)13-28/h2-3,6-11,14-15,18,29H,1,4-5,12,16H2,(H,30,32). The third-order valence-electron chi connectivity index (χ3n) is 5.67. The maximum atomic E-state index is 12.1. The van der Waals surface area contributed by atoms with Crippen molar-refractivity contribution in [3.8, 4) is 17.6 Å². The highest BCUT2D eigenvalue weighted by atomic mass is 35.5. The second-order valence-electron chi connectivity index (χ2n) is 7.98. The minimum Gasteiger partial charge on any atom is -0.454 e. The Kier molecular flexibility index (Phi) is 7.38. The number of hydrogen-bond acceptors (Lipinski definition) is 7. The molecular formula is C26H23ClN6O2. The van der Waals surface area contributed by atoms with Gasteiger partial charge in [-0.1, -0.05) is 18.2 Å². The lowest BCUT2D eigenvalue weighted by atomic mass is 10.0. The molecule has 1 unspecified atom stereocenters. The molecule has 9 heteroatoms. The highest BCUT2D eigenvalue weighted by molar-refractivity contribution is 6.34. The first-order valence-electron chi connectivity index (χ1n) is 11.0. The van der Waals surface area contributed by atoms with Crippen LogP contribution in [-0.2, 0) is 4.79 Å². The van der Waals surface area contributed by atoms with Crippen molar-refractivity contribution in [2.45, 2.75) is 18.9 Å². The largest absolute Gasteiger partial charge is 0.454 e. The van der Waals surface area contributed by atoms with Gasteiger partial charge in [0, 0.05) is 48.8 Å². The van der Waals surface area contributed by atoms with E-state index in [1.807, 2.05) is 6.07 Å². The van der Waals surface area contributed by atoms with Crippen molar-refractivity contribution in [2.75, 3.05) is 18.4 Å². The summed E-state index contributed by atoms with van der Waals surface area (Å²) in [7, 11) is 0. The fourth-order valence-corrected chi connectivity index (χ4v) is 4.14. The number of ether oxygens (including phenoxy) is 1. The summed E-state index contributed by atoms with van der Waals surface area (Å²) < 4.78 is 5.78. The van der Waals surface area contributed by atoms with Crippen molar-refractivity contribution >= 4 is 28.9 Å². The molecule has 4 rings (SSSR count). The quantitative estimate of drug-likeness (QED) is 0.366. The van der Waals surface area contributed by atoms with Crippen LogP contribution in [0.25, 0.3) is 0 Å². The lowest BCUT2D eigenvalue weighted by Crippen LogP contribution is -2.44. The number of benzene rings is 1. The van der Waals surface area contributed by atoms with Gasteiger partial charge in [0.1, 0.15) is 11.8 Å². The number of aromatic nitrogens is 2. The lowest BCUT2D eigenvalue weighted by Gasteiger charge is -2.33. The lowest BCUT2D eigenvalue weighted by molar-refractivity contribution is -0.127. The Labute approximate surface area is 208 Å². The van der Waals surface area contributed by atoms with Crippen LogP contribution in [-0.4, -0.2) is 45.6 Å². The number of likely N-dealkylation sites (tertiary alicyclic amines) is 1. The number of carbonyl (C=O) groups excluding carboxylic acids is 1. The summed E-state index contributed by atoms with van der Waals surface area (Å²) in [5.74, 6) is 0.781. The fourth-order valence-electron chi connectivity index (χ4n) is 3.93. The maximum Gasteiger partial charge on any atom is 0.246 e. The zero-order chi connectivity index (χ0) is 24.8. The molecule has 8 nitrogen and oxygen atoms in total. The van der Waals surface area contributed by atoms with Crippen molar-refractivity contribution in [1.82, 2.24) is 14.9 Å². The van der Waals surface area contributed by atoms with Gasteiger partial charge in [-0.3, -0.25) is 15.2 Å². The van der Waals surface area contributed by atoms with Gasteiger partial charge < -0.3 is 15.0 Å². The van der Waals surface area contributed by atoms with E-state index in [4.69, 9.17) is 21.7 Å². The van der Waals surface area contributed by atoms with E-state index in [0.29, 0.717) is 46.4 Å². The number of piperidine rings is 1. The van der Waals surface area contributed by atoms with Crippen molar-refractivity contribution in [1.29, 1.82) is 10.7 Å². The number of nitrogens with one attached hydrogen (secondary N) is 2. The van der Waals surface area contributed by atoms with E-state index < -0.39 is 0 Å². The smallest absolute Gasteiger partial charge is 0.246 e. The van der Waals surface area contributed by atoms with Crippen LogP contribution in [0, 0.1) is 16.7 Å². The van der Waals surface area contributed by atoms with Crippen LogP contribution in [0.4, 0.5) is 5.69 Å². The average Bonchev–Trinajstić information content (AvgIpc) is 2.90. The van der Waals surface area contributed by atoms with Gasteiger partial charge in [0.15, 0.2) is 11.4 Å². The third kappa shape index (κ3) is 5.48. The summed E-state index contributed by atoms with van der Waals surface area (Å²) in [6.45, 7) is 4.80. The van der Waals surface area contributed by atoms with Gasteiger partial charge in [0.25, 0.3) is 0 Å². The summed E-state index contributed by atoms with van der Waals surface area (Å²) in [5, 5.41) is 21.8. The summed E-state index contributed by atoms with van der Waals surface area (Å²) in [6.07, 6.45) is 7.73. The SMILES string of the molecule is C=CC(=O)N1CCCC(Nc2c(Cl)cncc2C(=N)c2ccc(Oc3cccnc3C#N)cc2)C1. The molecule has 1 amide bonds. The molecule has 35 heavy (non-hydrogen) atoms. The van der Waals surface area contributed by atoms with Gasteiger partial charge in [-0.05, 0) is 55.3 Å². The zero-order valence-electron chi connectivity index (χ0n) is 18.9. The molecule has 0 aliphatic carbocycles. The number of carbonyl (C=O) groups is 1. The van der Waals surface area contributed by atoms with E-state index in [1.54, 1.807) is 47.5 Å². The summed E-state index contributed by atoms with van der Waals surface area (Å²) >= 11 is 6.48. The fraction of sp³-hybridized carbons (Fsp3) is 0.192. The van der Waals surface area contributed by atoms with Crippen molar-refractivity contribution in [3.05, 3.63) is 89.5 Å². The molecule has 176 valence electrons. The van der Waals surface area contributed by atoms with Gasteiger partial charge in [-0.25, -0.2) is 4.98 Å². The molecular weight excluding hydrogens is 464 g/mol. The Balaban J connectivity index is 1.53. The topological polar surface area (TPSA) is 115 Å². The van der Waals surface area contributed by atoms with Crippen LogP contribution in [0.2, 0.25) is 5.02 Å². The Morgan fingerprint density at radius 2 is 2.11 bits per heavy atom. The van der Waals surface area contributed by atoms with Crippen LogP contribution in [0.15, 0.2) is 67.6 Å². The first-order chi connectivity index (χ1) is 17.0. The molecule has 3 aromatic rings. The molecule has 2 N–H and O–H groups in total. The normalized spacial score (nSPS) is 15.1. The molecule has 1 aliphatic heterocycles. The second-order valence-corrected chi connectivity index (χ2v) is 8.39. The van der Waals surface area contributed by atoms with Gasteiger partial charge in [0.05, 0.1) is 16.4 Å². The second kappa shape index (κ2) is 10.8. The molecule has 1 saturated heterocycles. The van der Waals surface area contributed by atoms with Crippen LogP contribution < -0.4 is 10.1 Å². The van der Waals surface area contributed by atoms with E-state index >= 15 is 0 Å². The van der Waals surface area contributed by atoms with E-state index in [2.05, 4.69) is 21.9 Å². The minimum atomic E-state index is -0.0965. The van der Waals surface area contributed by atoms with E-state index in [9.17, 15) is 10.1 Å². The monoisotopic (exact) mass is 486 g/mol. The Morgan fingerprint density at radius 1 is 1.31 bits per heavy atom. The molecule has 3 heterocycles. The molecule has 0 spiro atoms. The average molecular weight is 487 g/mol. The highest BCUT2D eigenvalue weighted by Crippen LogP contribution is 2.30. The number of halogens is 1. The van der Waals surface area contributed by atoms with Crippen molar-refractivity contribution in [2.24, 2.45) is 0 Å². The molecule has 1 aliphatic rings. The van der Waals surface area contributed by atoms with Gasteiger partial charge in [-0.15, -0.1) is 0 Å².